The molecule has 0 unspecified atom stereocenters. The monoisotopic (exact) mass is 359 g/mol. The number of nitrogens with one attached hydrogen (secondary N) is 1. The molecule has 2 aromatic rings. The largest absolute Gasteiger partial charge is 0.493 e. The summed E-state index contributed by atoms with van der Waals surface area (Å²) in [6.45, 7) is 3.90. The van der Waals surface area contributed by atoms with Crippen LogP contribution in [0.25, 0.3) is 0 Å². The first kappa shape index (κ1) is 19.2. The van der Waals surface area contributed by atoms with E-state index < -0.39 is 0 Å². The fraction of sp³-hybridized carbons (Fsp3) is 0.350. The molecule has 1 N–H and O–H groups in total. The topological polar surface area (TPSA) is 47.6 Å². The van der Waals surface area contributed by atoms with E-state index in [4.69, 9.17) is 9.47 Å². The molecule has 2 atom stereocenters. The van der Waals surface area contributed by atoms with E-state index in [2.05, 4.69) is 17.4 Å². The second kappa shape index (κ2) is 9.37. The number of thioether (sulfide) groups is 1. The summed E-state index contributed by atoms with van der Waals surface area (Å²) < 4.78 is 10.6. The Labute approximate surface area is 153 Å². The lowest BCUT2D eigenvalue weighted by Gasteiger charge is -2.19. The number of amides is 1. The average molecular weight is 359 g/mol. The zero-order chi connectivity index (χ0) is 18.2. The minimum Gasteiger partial charge on any atom is -0.493 e. The van der Waals surface area contributed by atoms with E-state index in [9.17, 15) is 4.79 Å². The van der Waals surface area contributed by atoms with Gasteiger partial charge in [0.2, 0.25) is 5.91 Å². The molecule has 0 saturated carbocycles. The Hall–Kier alpha value is -2.14. The van der Waals surface area contributed by atoms with Gasteiger partial charge in [-0.3, -0.25) is 4.79 Å². The van der Waals surface area contributed by atoms with Crippen LogP contribution in [0.2, 0.25) is 0 Å². The Kier molecular flexibility index (Phi) is 7.19. The first-order chi connectivity index (χ1) is 12.0. The third kappa shape index (κ3) is 5.43. The molecule has 5 heteroatoms. The maximum Gasteiger partial charge on any atom is 0.233 e. The van der Waals surface area contributed by atoms with E-state index in [1.807, 2.05) is 50.2 Å². The van der Waals surface area contributed by atoms with Gasteiger partial charge < -0.3 is 14.8 Å². The van der Waals surface area contributed by atoms with E-state index >= 15 is 0 Å². The molecule has 0 spiro atoms. The van der Waals surface area contributed by atoms with Crippen LogP contribution in [0.3, 0.4) is 0 Å². The zero-order valence-corrected chi connectivity index (χ0v) is 15.9. The van der Waals surface area contributed by atoms with Gasteiger partial charge in [0, 0.05) is 5.75 Å². The summed E-state index contributed by atoms with van der Waals surface area (Å²) in [7, 11) is 3.21. The molecular formula is C20H25NO3S. The fourth-order valence-corrected chi connectivity index (χ4v) is 3.26. The van der Waals surface area contributed by atoms with Crippen LogP contribution in [-0.4, -0.2) is 25.4 Å². The van der Waals surface area contributed by atoms with Crippen molar-refractivity contribution in [2.45, 2.75) is 30.9 Å². The number of hydrogen-bond donors (Lipinski definition) is 1. The minimum atomic E-state index is -0.122. The van der Waals surface area contributed by atoms with Crippen molar-refractivity contribution in [2.75, 3.05) is 14.2 Å². The Bertz CT molecular complexity index is 691. The molecule has 2 aromatic carbocycles. The highest BCUT2D eigenvalue weighted by Gasteiger charge is 2.17. The molecule has 2 rings (SSSR count). The summed E-state index contributed by atoms with van der Waals surface area (Å²) in [4.78, 5) is 12.4. The van der Waals surface area contributed by atoms with Crippen LogP contribution >= 0.6 is 11.8 Å². The molecule has 0 fully saturated rings. The van der Waals surface area contributed by atoms with Gasteiger partial charge in [0.25, 0.3) is 0 Å². The SMILES string of the molecule is COc1ccc([C@@H](C)NC(=O)[C@H](C)SCc2ccccc2)cc1OC. The van der Waals surface area contributed by atoms with Gasteiger partial charge in [-0.25, -0.2) is 0 Å². The van der Waals surface area contributed by atoms with Crippen molar-refractivity contribution in [3.63, 3.8) is 0 Å². The molecule has 4 nitrogen and oxygen atoms in total. The summed E-state index contributed by atoms with van der Waals surface area (Å²) in [5.41, 5.74) is 2.20. The highest BCUT2D eigenvalue weighted by atomic mass is 32.2. The second-order valence-corrected chi connectivity index (χ2v) is 7.11. The predicted molar refractivity (Wildman–Crippen MR) is 103 cm³/mol. The molecule has 0 saturated heterocycles. The van der Waals surface area contributed by atoms with Crippen LogP contribution in [0.15, 0.2) is 48.5 Å². The molecule has 0 bridgehead atoms. The van der Waals surface area contributed by atoms with Gasteiger partial charge in [0.1, 0.15) is 0 Å². The van der Waals surface area contributed by atoms with Gasteiger partial charge in [-0.2, -0.15) is 0 Å². The van der Waals surface area contributed by atoms with Gasteiger partial charge in [-0.15, -0.1) is 11.8 Å². The predicted octanol–water partition coefficient (Wildman–Crippen LogP) is 4.20. The summed E-state index contributed by atoms with van der Waals surface area (Å²) in [5.74, 6) is 2.19. The van der Waals surface area contributed by atoms with E-state index in [0.717, 1.165) is 11.3 Å². The average Bonchev–Trinajstić information content (AvgIpc) is 2.66. The molecule has 0 aliphatic carbocycles. The van der Waals surface area contributed by atoms with Crippen molar-refractivity contribution in [3.05, 3.63) is 59.7 Å². The smallest absolute Gasteiger partial charge is 0.233 e. The Morgan fingerprint density at radius 2 is 1.72 bits per heavy atom. The summed E-state index contributed by atoms with van der Waals surface area (Å²) in [6.07, 6.45) is 0. The number of rotatable bonds is 8. The van der Waals surface area contributed by atoms with E-state index in [0.29, 0.717) is 11.5 Å². The van der Waals surface area contributed by atoms with Crippen molar-refractivity contribution < 1.29 is 14.3 Å². The van der Waals surface area contributed by atoms with Gasteiger partial charge in [-0.1, -0.05) is 36.4 Å². The summed E-state index contributed by atoms with van der Waals surface area (Å²) in [5, 5.41) is 2.94. The van der Waals surface area contributed by atoms with Gasteiger partial charge in [0.15, 0.2) is 11.5 Å². The van der Waals surface area contributed by atoms with Crippen LogP contribution in [-0.2, 0) is 10.5 Å². The van der Waals surface area contributed by atoms with Gasteiger partial charge in [0.05, 0.1) is 25.5 Å². The van der Waals surface area contributed by atoms with Gasteiger partial charge in [-0.05, 0) is 37.1 Å². The Morgan fingerprint density at radius 1 is 1.04 bits per heavy atom. The highest BCUT2D eigenvalue weighted by Crippen LogP contribution is 2.30. The fourth-order valence-electron chi connectivity index (χ4n) is 2.41. The van der Waals surface area contributed by atoms with Crippen LogP contribution in [0.4, 0.5) is 0 Å². The molecule has 0 heterocycles. The Morgan fingerprint density at radius 3 is 2.36 bits per heavy atom. The molecule has 25 heavy (non-hydrogen) atoms. The van der Waals surface area contributed by atoms with Crippen LogP contribution in [0.1, 0.15) is 31.0 Å². The van der Waals surface area contributed by atoms with Crippen molar-refractivity contribution in [1.82, 2.24) is 5.32 Å². The summed E-state index contributed by atoms with van der Waals surface area (Å²) in [6, 6.07) is 15.7. The number of hydrogen-bond acceptors (Lipinski definition) is 4. The number of methoxy groups -OCH3 is 2. The second-order valence-electron chi connectivity index (χ2n) is 5.78. The Balaban J connectivity index is 1.92. The molecule has 0 aliphatic heterocycles. The van der Waals surface area contributed by atoms with Crippen LogP contribution < -0.4 is 14.8 Å². The number of ether oxygens (including phenoxy) is 2. The molecule has 1 amide bonds. The third-order valence-corrected chi connectivity index (χ3v) is 5.19. The van der Waals surface area contributed by atoms with E-state index in [-0.39, 0.29) is 17.2 Å². The lowest BCUT2D eigenvalue weighted by molar-refractivity contribution is -0.120. The third-order valence-electron chi connectivity index (χ3n) is 3.98. The number of carbonyl (C=O) groups excluding carboxylic acids is 1. The van der Waals surface area contributed by atoms with Crippen molar-refractivity contribution >= 4 is 17.7 Å². The standard InChI is InChI=1S/C20H25NO3S/c1-14(17-10-11-18(23-3)19(12-17)24-4)21-20(22)15(2)25-13-16-8-6-5-7-9-16/h5-12,14-15H,13H2,1-4H3,(H,21,22)/t14-,15+/m1/s1. The first-order valence-electron chi connectivity index (χ1n) is 8.23. The molecule has 0 radical (unpaired) electrons. The first-order valence-corrected chi connectivity index (χ1v) is 9.27. The van der Waals surface area contributed by atoms with Crippen molar-refractivity contribution in [2.24, 2.45) is 0 Å². The quantitative estimate of drug-likeness (QED) is 0.767. The van der Waals surface area contributed by atoms with Gasteiger partial charge >= 0.3 is 0 Å². The maximum atomic E-state index is 12.4. The van der Waals surface area contributed by atoms with E-state index in [1.54, 1.807) is 26.0 Å². The lowest BCUT2D eigenvalue weighted by atomic mass is 10.1. The minimum absolute atomic E-state index is 0.0308. The maximum absolute atomic E-state index is 12.4. The zero-order valence-electron chi connectivity index (χ0n) is 15.1. The van der Waals surface area contributed by atoms with Crippen molar-refractivity contribution in [1.29, 1.82) is 0 Å². The molecular weight excluding hydrogens is 334 g/mol. The number of benzene rings is 2. The van der Waals surface area contributed by atoms with Crippen LogP contribution in [0, 0.1) is 0 Å². The normalized spacial score (nSPS) is 13.0. The number of carbonyl (C=O) groups is 1. The summed E-state index contributed by atoms with van der Waals surface area (Å²) >= 11 is 1.63. The molecule has 134 valence electrons. The lowest BCUT2D eigenvalue weighted by Crippen LogP contribution is -2.33. The highest BCUT2D eigenvalue weighted by molar-refractivity contribution is 7.99. The van der Waals surface area contributed by atoms with Crippen LogP contribution in [0.5, 0.6) is 11.5 Å². The molecule has 0 aromatic heterocycles. The van der Waals surface area contributed by atoms with Crippen molar-refractivity contribution in [3.8, 4) is 11.5 Å². The van der Waals surface area contributed by atoms with E-state index in [1.165, 1.54) is 5.56 Å². The molecule has 0 aliphatic rings.